The van der Waals surface area contributed by atoms with E-state index in [2.05, 4.69) is 15.9 Å². The van der Waals surface area contributed by atoms with Crippen molar-refractivity contribution in [1.82, 2.24) is 9.80 Å². The molecule has 1 saturated heterocycles. The maximum absolute atomic E-state index is 13.3. The van der Waals surface area contributed by atoms with Gasteiger partial charge in [-0.25, -0.2) is 4.39 Å². The van der Waals surface area contributed by atoms with Crippen molar-refractivity contribution in [3.63, 3.8) is 0 Å². The Kier molecular flexibility index (Phi) is 4.00. The van der Waals surface area contributed by atoms with E-state index in [9.17, 15) is 4.39 Å². The van der Waals surface area contributed by atoms with Crippen molar-refractivity contribution in [2.45, 2.75) is 19.4 Å². The normalized spacial score (nSPS) is 20.8. The lowest BCUT2D eigenvalue weighted by atomic mass is 10.1. The van der Waals surface area contributed by atoms with Crippen LogP contribution in [0.25, 0.3) is 0 Å². The average Bonchev–Trinajstić information content (AvgIpc) is 3.25. The molecule has 1 aliphatic carbocycles. The van der Waals surface area contributed by atoms with Crippen LogP contribution in [0, 0.1) is 23.1 Å². The van der Waals surface area contributed by atoms with Crippen LogP contribution >= 0.6 is 0 Å². The summed E-state index contributed by atoms with van der Waals surface area (Å²) in [5.74, 6) is 0.682. The van der Waals surface area contributed by atoms with E-state index in [1.165, 1.54) is 31.5 Å². The quantitative estimate of drug-likeness (QED) is 0.842. The highest BCUT2D eigenvalue weighted by atomic mass is 19.1. The minimum absolute atomic E-state index is 0.258. The van der Waals surface area contributed by atoms with Crippen LogP contribution in [0.2, 0.25) is 0 Å². The first-order valence-corrected chi connectivity index (χ1v) is 7.38. The summed E-state index contributed by atoms with van der Waals surface area (Å²) in [5, 5.41) is 9.09. The van der Waals surface area contributed by atoms with Gasteiger partial charge >= 0.3 is 0 Å². The second-order valence-electron chi connectivity index (χ2n) is 5.93. The molecule has 1 aromatic rings. The van der Waals surface area contributed by atoms with Crippen molar-refractivity contribution in [1.29, 1.82) is 5.26 Å². The molecule has 2 aliphatic rings. The van der Waals surface area contributed by atoms with Gasteiger partial charge < -0.3 is 4.90 Å². The van der Waals surface area contributed by atoms with Crippen molar-refractivity contribution in [2.24, 2.45) is 5.92 Å². The number of rotatable bonds is 4. The zero-order valence-corrected chi connectivity index (χ0v) is 11.7. The standard InChI is InChI=1S/C16H20FN3/c17-16-4-3-14(10-18)15(9-16)12-20-7-5-19(6-8-20)11-13-1-2-13/h3-4,9,13H,1-2,5-8,11-12H2. The zero-order chi connectivity index (χ0) is 13.9. The molecule has 1 heterocycles. The van der Waals surface area contributed by atoms with Crippen molar-refractivity contribution in [2.75, 3.05) is 32.7 Å². The number of nitrogens with zero attached hydrogens (tertiary/aromatic N) is 3. The molecule has 1 aliphatic heterocycles. The summed E-state index contributed by atoms with van der Waals surface area (Å²) < 4.78 is 13.3. The Morgan fingerprint density at radius 2 is 1.85 bits per heavy atom. The number of halogens is 1. The maximum Gasteiger partial charge on any atom is 0.123 e. The lowest BCUT2D eigenvalue weighted by Gasteiger charge is -2.34. The van der Waals surface area contributed by atoms with E-state index in [0.29, 0.717) is 12.1 Å². The SMILES string of the molecule is N#Cc1ccc(F)cc1CN1CCN(CC2CC2)CC1. The first kappa shape index (κ1) is 13.5. The number of hydrogen-bond acceptors (Lipinski definition) is 3. The Morgan fingerprint density at radius 1 is 1.15 bits per heavy atom. The fourth-order valence-electron chi connectivity index (χ4n) is 2.84. The van der Waals surface area contributed by atoms with Gasteiger partial charge in [-0.3, -0.25) is 4.90 Å². The predicted octanol–water partition coefficient (Wildman–Crippen LogP) is 2.22. The molecule has 0 radical (unpaired) electrons. The summed E-state index contributed by atoms with van der Waals surface area (Å²) in [6.45, 7) is 6.12. The largest absolute Gasteiger partial charge is 0.301 e. The summed E-state index contributed by atoms with van der Waals surface area (Å²) >= 11 is 0. The Balaban J connectivity index is 1.56. The van der Waals surface area contributed by atoms with Gasteiger partial charge in [0.1, 0.15) is 5.82 Å². The number of hydrogen-bond donors (Lipinski definition) is 0. The van der Waals surface area contributed by atoms with Crippen LogP contribution in [0.5, 0.6) is 0 Å². The fourth-order valence-corrected chi connectivity index (χ4v) is 2.84. The fraction of sp³-hybridized carbons (Fsp3) is 0.562. The third-order valence-electron chi connectivity index (χ3n) is 4.26. The van der Waals surface area contributed by atoms with E-state index in [-0.39, 0.29) is 5.82 Å². The number of nitriles is 1. The summed E-state index contributed by atoms with van der Waals surface area (Å²) in [6, 6.07) is 6.58. The summed E-state index contributed by atoms with van der Waals surface area (Å²) in [6.07, 6.45) is 2.80. The van der Waals surface area contributed by atoms with E-state index in [1.807, 2.05) is 0 Å². The molecular formula is C16H20FN3. The van der Waals surface area contributed by atoms with Gasteiger partial charge in [-0.05, 0) is 42.5 Å². The Labute approximate surface area is 119 Å². The Hall–Kier alpha value is -1.44. The summed E-state index contributed by atoms with van der Waals surface area (Å²) in [5.41, 5.74) is 1.40. The van der Waals surface area contributed by atoms with E-state index in [0.717, 1.165) is 37.7 Å². The highest BCUT2D eigenvalue weighted by Gasteiger charge is 2.26. The van der Waals surface area contributed by atoms with Crippen LogP contribution in [0.3, 0.4) is 0 Å². The van der Waals surface area contributed by atoms with Gasteiger partial charge in [-0.1, -0.05) is 0 Å². The molecule has 0 atom stereocenters. The van der Waals surface area contributed by atoms with Gasteiger partial charge in [0.05, 0.1) is 11.6 Å². The average molecular weight is 273 g/mol. The van der Waals surface area contributed by atoms with Crippen LogP contribution < -0.4 is 0 Å². The van der Waals surface area contributed by atoms with E-state index in [1.54, 1.807) is 6.07 Å². The molecule has 0 amide bonds. The van der Waals surface area contributed by atoms with Crippen LogP contribution in [0.1, 0.15) is 24.0 Å². The van der Waals surface area contributed by atoms with Crippen LogP contribution in [0.4, 0.5) is 4.39 Å². The number of benzene rings is 1. The van der Waals surface area contributed by atoms with Gasteiger partial charge in [0, 0.05) is 39.3 Å². The van der Waals surface area contributed by atoms with E-state index < -0.39 is 0 Å². The van der Waals surface area contributed by atoms with Gasteiger partial charge in [0.2, 0.25) is 0 Å². The molecule has 106 valence electrons. The molecule has 1 aromatic carbocycles. The Bertz CT molecular complexity index is 511. The monoisotopic (exact) mass is 273 g/mol. The minimum atomic E-state index is -0.258. The van der Waals surface area contributed by atoms with Crippen LogP contribution in [0.15, 0.2) is 18.2 Å². The highest BCUT2D eigenvalue weighted by molar-refractivity contribution is 5.37. The van der Waals surface area contributed by atoms with Crippen molar-refractivity contribution in [3.8, 4) is 6.07 Å². The molecule has 0 unspecified atom stereocenters. The molecule has 3 nitrogen and oxygen atoms in total. The second kappa shape index (κ2) is 5.90. The molecule has 1 saturated carbocycles. The molecular weight excluding hydrogens is 253 g/mol. The summed E-state index contributed by atoms with van der Waals surface area (Å²) in [7, 11) is 0. The number of piperazine rings is 1. The molecule has 0 aromatic heterocycles. The first-order chi connectivity index (χ1) is 9.74. The first-order valence-electron chi connectivity index (χ1n) is 7.38. The molecule has 0 spiro atoms. The maximum atomic E-state index is 13.3. The van der Waals surface area contributed by atoms with Crippen molar-refractivity contribution in [3.05, 3.63) is 35.1 Å². The van der Waals surface area contributed by atoms with Crippen LogP contribution in [-0.2, 0) is 6.54 Å². The highest BCUT2D eigenvalue weighted by Crippen LogP contribution is 2.30. The molecule has 2 fully saturated rings. The molecule has 3 rings (SSSR count). The molecule has 0 bridgehead atoms. The van der Waals surface area contributed by atoms with Crippen molar-refractivity contribution < 1.29 is 4.39 Å². The third-order valence-corrected chi connectivity index (χ3v) is 4.26. The topological polar surface area (TPSA) is 30.3 Å². The summed E-state index contributed by atoms with van der Waals surface area (Å²) in [4.78, 5) is 4.85. The van der Waals surface area contributed by atoms with Gasteiger partial charge in [0.15, 0.2) is 0 Å². The van der Waals surface area contributed by atoms with Gasteiger partial charge in [-0.15, -0.1) is 0 Å². The van der Waals surface area contributed by atoms with Crippen LogP contribution in [-0.4, -0.2) is 42.5 Å². The smallest absolute Gasteiger partial charge is 0.123 e. The molecule has 0 N–H and O–H groups in total. The molecule has 20 heavy (non-hydrogen) atoms. The van der Waals surface area contributed by atoms with Crippen molar-refractivity contribution >= 4 is 0 Å². The predicted molar refractivity (Wildman–Crippen MR) is 75.6 cm³/mol. The second-order valence-corrected chi connectivity index (χ2v) is 5.93. The third kappa shape index (κ3) is 3.36. The lowest BCUT2D eigenvalue weighted by molar-refractivity contribution is 0.123. The Morgan fingerprint density at radius 3 is 2.50 bits per heavy atom. The lowest BCUT2D eigenvalue weighted by Crippen LogP contribution is -2.46. The van der Waals surface area contributed by atoms with E-state index >= 15 is 0 Å². The van der Waals surface area contributed by atoms with Gasteiger partial charge in [0.25, 0.3) is 0 Å². The zero-order valence-electron chi connectivity index (χ0n) is 11.7. The minimum Gasteiger partial charge on any atom is -0.301 e. The van der Waals surface area contributed by atoms with Gasteiger partial charge in [-0.2, -0.15) is 5.26 Å². The van der Waals surface area contributed by atoms with E-state index in [4.69, 9.17) is 5.26 Å². The molecule has 4 heteroatoms.